The van der Waals surface area contributed by atoms with Crippen LogP contribution >= 0.6 is 11.8 Å². The fraction of sp³-hybridized carbons (Fsp3) is 0.933. The lowest BCUT2D eigenvalue weighted by atomic mass is 9.83. The zero-order chi connectivity index (χ0) is 14.3. The molecule has 0 spiro atoms. The van der Waals surface area contributed by atoms with Gasteiger partial charge in [0.05, 0.1) is 0 Å². The van der Waals surface area contributed by atoms with Crippen LogP contribution in [0.5, 0.6) is 0 Å². The minimum absolute atomic E-state index is 0.281. The van der Waals surface area contributed by atoms with Gasteiger partial charge in [-0.3, -0.25) is 0 Å². The Hall–Kier alpha value is -0.380. The van der Waals surface area contributed by atoms with E-state index in [0.29, 0.717) is 5.92 Å². The first-order valence-corrected chi connectivity index (χ1v) is 8.60. The van der Waals surface area contributed by atoms with Gasteiger partial charge in [-0.05, 0) is 69.8 Å². The van der Waals surface area contributed by atoms with E-state index >= 15 is 0 Å². The highest BCUT2D eigenvalue weighted by molar-refractivity contribution is 7.99. The molecule has 0 bridgehead atoms. The maximum atomic E-state index is 11.6. The van der Waals surface area contributed by atoms with E-state index in [4.69, 9.17) is 4.74 Å². The zero-order valence-electron chi connectivity index (χ0n) is 12.8. The lowest BCUT2D eigenvalue weighted by Crippen LogP contribution is -2.36. The van der Waals surface area contributed by atoms with Gasteiger partial charge in [0.2, 0.25) is 0 Å². The second kappa shape index (κ2) is 8.03. The van der Waals surface area contributed by atoms with Gasteiger partial charge in [0.1, 0.15) is 5.60 Å². The second-order valence-electron chi connectivity index (χ2n) is 6.43. The fourth-order valence-corrected chi connectivity index (χ4v) is 3.33. The van der Waals surface area contributed by atoms with Crippen molar-refractivity contribution in [2.75, 3.05) is 18.1 Å². The molecule has 19 heavy (non-hydrogen) atoms. The minimum atomic E-state index is -0.404. The Morgan fingerprint density at radius 1 is 1.21 bits per heavy atom. The molecule has 4 heteroatoms. The number of rotatable bonds is 5. The summed E-state index contributed by atoms with van der Waals surface area (Å²) in [6.45, 7) is 8.67. The van der Waals surface area contributed by atoms with Crippen LogP contribution in [0.2, 0.25) is 0 Å². The van der Waals surface area contributed by atoms with E-state index in [1.54, 1.807) is 0 Å². The van der Waals surface area contributed by atoms with Gasteiger partial charge in [-0.1, -0.05) is 6.92 Å². The first-order chi connectivity index (χ1) is 8.90. The maximum absolute atomic E-state index is 11.6. The summed E-state index contributed by atoms with van der Waals surface area (Å²) in [5.74, 6) is 4.06. The van der Waals surface area contributed by atoms with Crippen LogP contribution in [0.4, 0.5) is 4.79 Å². The number of thioether (sulfide) groups is 1. The second-order valence-corrected chi connectivity index (χ2v) is 7.75. The minimum Gasteiger partial charge on any atom is -0.444 e. The third-order valence-corrected chi connectivity index (χ3v) is 4.57. The summed E-state index contributed by atoms with van der Waals surface area (Å²) < 4.78 is 5.25. The number of nitrogens with one attached hydrogen (secondary N) is 1. The first kappa shape index (κ1) is 16.7. The molecule has 1 rings (SSSR count). The molecule has 0 aromatic heterocycles. The van der Waals surface area contributed by atoms with E-state index in [0.717, 1.165) is 12.5 Å². The molecule has 0 heterocycles. The van der Waals surface area contributed by atoms with Crippen molar-refractivity contribution in [1.82, 2.24) is 5.32 Å². The average Bonchev–Trinajstić information content (AvgIpc) is 2.33. The number of ether oxygens (including phenoxy) is 1. The number of carbonyl (C=O) groups excluding carboxylic acids is 1. The fourth-order valence-electron chi connectivity index (χ4n) is 2.43. The molecule has 0 saturated heterocycles. The highest BCUT2D eigenvalue weighted by Gasteiger charge is 2.22. The van der Waals surface area contributed by atoms with Gasteiger partial charge in [0.25, 0.3) is 0 Å². The summed E-state index contributed by atoms with van der Waals surface area (Å²) in [7, 11) is 0. The van der Waals surface area contributed by atoms with Gasteiger partial charge in [-0.25, -0.2) is 4.79 Å². The van der Waals surface area contributed by atoms with Crippen molar-refractivity contribution < 1.29 is 9.53 Å². The van der Waals surface area contributed by atoms with Crippen LogP contribution in [0, 0.1) is 11.8 Å². The smallest absolute Gasteiger partial charge is 0.407 e. The number of hydrogen-bond acceptors (Lipinski definition) is 3. The summed E-state index contributed by atoms with van der Waals surface area (Å²) in [4.78, 5) is 11.6. The Morgan fingerprint density at radius 3 is 2.32 bits per heavy atom. The third kappa shape index (κ3) is 7.71. The molecule has 0 atom stereocenters. The van der Waals surface area contributed by atoms with E-state index in [9.17, 15) is 4.79 Å². The number of amides is 1. The molecule has 0 radical (unpaired) electrons. The zero-order valence-corrected chi connectivity index (χ0v) is 13.6. The third-order valence-electron chi connectivity index (χ3n) is 3.46. The molecule has 1 N–H and O–H groups in total. The van der Waals surface area contributed by atoms with E-state index in [1.807, 2.05) is 20.8 Å². The topological polar surface area (TPSA) is 38.3 Å². The summed E-state index contributed by atoms with van der Waals surface area (Å²) in [5, 5.41) is 2.90. The molecule has 1 amide bonds. The van der Waals surface area contributed by atoms with Crippen molar-refractivity contribution >= 4 is 17.9 Å². The maximum Gasteiger partial charge on any atom is 0.407 e. The Labute approximate surface area is 122 Å². The molecule has 0 aromatic rings. The SMILES string of the molecule is CCSC[C@H]1CC[C@H](CNC(=O)OC(C)(C)C)CC1. The highest BCUT2D eigenvalue weighted by Crippen LogP contribution is 2.30. The highest BCUT2D eigenvalue weighted by atomic mass is 32.2. The first-order valence-electron chi connectivity index (χ1n) is 7.45. The Bertz CT molecular complexity index is 268. The predicted octanol–water partition coefficient (Wildman–Crippen LogP) is 4.07. The largest absolute Gasteiger partial charge is 0.444 e. The van der Waals surface area contributed by atoms with E-state index in [2.05, 4.69) is 24.0 Å². The van der Waals surface area contributed by atoms with Crippen molar-refractivity contribution in [2.24, 2.45) is 11.8 Å². The van der Waals surface area contributed by atoms with Crippen molar-refractivity contribution in [3.05, 3.63) is 0 Å². The van der Waals surface area contributed by atoms with Crippen LogP contribution in [0.1, 0.15) is 53.4 Å². The Balaban J connectivity index is 2.14. The molecular weight excluding hydrogens is 258 g/mol. The van der Waals surface area contributed by atoms with Gasteiger partial charge in [0, 0.05) is 6.54 Å². The van der Waals surface area contributed by atoms with Gasteiger partial charge in [-0.2, -0.15) is 11.8 Å². The standard InChI is InChI=1S/C15H29NO2S/c1-5-19-11-13-8-6-12(7-9-13)10-16-14(17)18-15(2,3)4/h12-13H,5-11H2,1-4H3,(H,16,17)/t12-,13-. The van der Waals surface area contributed by atoms with Crippen molar-refractivity contribution in [1.29, 1.82) is 0 Å². The van der Waals surface area contributed by atoms with Crippen LogP contribution in [-0.2, 0) is 4.74 Å². The molecule has 1 fully saturated rings. The van der Waals surface area contributed by atoms with Crippen LogP contribution in [-0.4, -0.2) is 29.7 Å². The lowest BCUT2D eigenvalue weighted by molar-refractivity contribution is 0.0514. The van der Waals surface area contributed by atoms with E-state index in [-0.39, 0.29) is 6.09 Å². The number of alkyl carbamates (subject to hydrolysis) is 1. The number of hydrogen-bond donors (Lipinski definition) is 1. The Kier molecular flexibility index (Phi) is 7.05. The summed E-state index contributed by atoms with van der Waals surface area (Å²) in [5.41, 5.74) is -0.404. The molecule has 0 unspecified atom stereocenters. The van der Waals surface area contributed by atoms with Gasteiger partial charge >= 0.3 is 6.09 Å². The van der Waals surface area contributed by atoms with Crippen molar-refractivity contribution in [2.45, 2.75) is 59.0 Å². The van der Waals surface area contributed by atoms with Gasteiger partial charge in [-0.15, -0.1) is 0 Å². The van der Waals surface area contributed by atoms with Crippen LogP contribution in [0.3, 0.4) is 0 Å². The summed E-state index contributed by atoms with van der Waals surface area (Å²) >= 11 is 2.05. The van der Waals surface area contributed by atoms with E-state index < -0.39 is 5.60 Å². The quantitative estimate of drug-likeness (QED) is 0.828. The molecule has 0 aliphatic heterocycles. The molecular formula is C15H29NO2S. The number of carbonyl (C=O) groups is 1. The lowest BCUT2D eigenvalue weighted by Gasteiger charge is -2.28. The van der Waals surface area contributed by atoms with Crippen molar-refractivity contribution in [3.63, 3.8) is 0 Å². The summed E-state index contributed by atoms with van der Waals surface area (Å²) in [6.07, 6.45) is 4.83. The van der Waals surface area contributed by atoms with Gasteiger partial charge < -0.3 is 10.1 Å². The molecule has 1 aliphatic rings. The van der Waals surface area contributed by atoms with Crippen LogP contribution in [0.15, 0.2) is 0 Å². The molecule has 1 saturated carbocycles. The van der Waals surface area contributed by atoms with Crippen LogP contribution < -0.4 is 5.32 Å². The van der Waals surface area contributed by atoms with Crippen LogP contribution in [0.25, 0.3) is 0 Å². The molecule has 0 aromatic carbocycles. The predicted molar refractivity (Wildman–Crippen MR) is 82.7 cm³/mol. The normalized spacial score (nSPS) is 24.0. The molecule has 1 aliphatic carbocycles. The Morgan fingerprint density at radius 2 is 1.79 bits per heavy atom. The average molecular weight is 287 g/mol. The summed E-state index contributed by atoms with van der Waals surface area (Å²) in [6, 6.07) is 0. The van der Waals surface area contributed by atoms with Crippen molar-refractivity contribution in [3.8, 4) is 0 Å². The molecule has 112 valence electrons. The monoisotopic (exact) mass is 287 g/mol. The molecule has 3 nitrogen and oxygen atoms in total. The van der Waals surface area contributed by atoms with Gasteiger partial charge in [0.15, 0.2) is 0 Å². The van der Waals surface area contributed by atoms with E-state index in [1.165, 1.54) is 37.2 Å².